The van der Waals surface area contributed by atoms with Gasteiger partial charge in [-0.3, -0.25) is 0 Å². The van der Waals surface area contributed by atoms with Gasteiger partial charge in [0.25, 0.3) is 0 Å². The molecule has 2 aliphatic heterocycles. The number of hydrogen-bond acceptors (Lipinski definition) is 6. The van der Waals surface area contributed by atoms with Gasteiger partial charge in [-0.1, -0.05) is 36.4 Å². The fourth-order valence-corrected chi connectivity index (χ4v) is 2.66. The molecule has 120 valence electrons. The minimum atomic E-state index is -1.18. The lowest BCUT2D eigenvalue weighted by molar-refractivity contribution is -0.360. The van der Waals surface area contributed by atoms with Crippen molar-refractivity contribution in [3.8, 4) is 0 Å². The van der Waals surface area contributed by atoms with Gasteiger partial charge in [0, 0.05) is 5.56 Å². The Morgan fingerprint density at radius 2 is 1.95 bits per heavy atom. The first-order chi connectivity index (χ1) is 10.7. The van der Waals surface area contributed by atoms with E-state index in [1.807, 2.05) is 30.3 Å². The molecule has 0 spiro atoms. The molecule has 0 amide bonds. The Bertz CT molecular complexity index is 491. The van der Waals surface area contributed by atoms with Gasteiger partial charge in [-0.05, 0) is 0 Å². The van der Waals surface area contributed by atoms with Gasteiger partial charge < -0.3 is 29.2 Å². The molecule has 22 heavy (non-hydrogen) atoms. The van der Waals surface area contributed by atoms with Crippen LogP contribution in [0, 0.1) is 0 Å². The lowest BCUT2D eigenvalue weighted by Gasteiger charge is -2.46. The average Bonchev–Trinajstić information content (AvgIpc) is 2.57. The zero-order chi connectivity index (χ0) is 15.5. The lowest BCUT2D eigenvalue weighted by Crippen LogP contribution is -2.62. The number of hydrogen-bond donors (Lipinski definition) is 2. The summed E-state index contributed by atoms with van der Waals surface area (Å²) in [7, 11) is 0. The Kier molecular flexibility index (Phi) is 4.87. The van der Waals surface area contributed by atoms with E-state index in [1.54, 1.807) is 6.08 Å². The van der Waals surface area contributed by atoms with Gasteiger partial charge >= 0.3 is 0 Å². The predicted octanol–water partition coefficient (Wildman–Crippen LogP) is 0.750. The van der Waals surface area contributed by atoms with Gasteiger partial charge in [-0.15, -0.1) is 6.58 Å². The van der Waals surface area contributed by atoms with E-state index >= 15 is 0 Å². The van der Waals surface area contributed by atoms with Crippen LogP contribution in [0.25, 0.3) is 0 Å². The highest BCUT2D eigenvalue weighted by atomic mass is 16.8. The van der Waals surface area contributed by atoms with Crippen molar-refractivity contribution in [1.82, 2.24) is 0 Å². The molecule has 2 saturated heterocycles. The molecule has 2 heterocycles. The van der Waals surface area contributed by atoms with E-state index in [4.69, 9.17) is 18.9 Å². The molecule has 1 aromatic rings. The highest BCUT2D eigenvalue weighted by Gasteiger charge is 2.49. The summed E-state index contributed by atoms with van der Waals surface area (Å²) in [5.41, 5.74) is 0.854. The van der Waals surface area contributed by atoms with Crippen molar-refractivity contribution in [1.29, 1.82) is 0 Å². The van der Waals surface area contributed by atoms with Gasteiger partial charge in [-0.25, -0.2) is 0 Å². The Balaban J connectivity index is 1.69. The van der Waals surface area contributed by atoms with E-state index in [0.717, 1.165) is 5.56 Å². The molecule has 1 aromatic carbocycles. The Labute approximate surface area is 128 Å². The normalized spacial score (nSPS) is 38.3. The molecule has 0 aromatic heterocycles. The van der Waals surface area contributed by atoms with Gasteiger partial charge in [0.05, 0.1) is 13.2 Å². The summed E-state index contributed by atoms with van der Waals surface area (Å²) in [5.74, 6) is 0. The van der Waals surface area contributed by atoms with Crippen LogP contribution in [0.15, 0.2) is 43.0 Å². The van der Waals surface area contributed by atoms with E-state index in [9.17, 15) is 10.2 Å². The number of rotatable bonds is 4. The second-order valence-corrected chi connectivity index (χ2v) is 5.32. The SMILES string of the molecule is C=CCO[C@H]1OC2COC(c3ccccc3)O[C@H]2[C@H](O)C1O. The maximum absolute atomic E-state index is 10.3. The average molecular weight is 308 g/mol. The summed E-state index contributed by atoms with van der Waals surface area (Å²) in [6.07, 6.45) is -3.41. The smallest absolute Gasteiger partial charge is 0.187 e. The summed E-state index contributed by atoms with van der Waals surface area (Å²) in [6, 6.07) is 9.44. The van der Waals surface area contributed by atoms with Crippen molar-refractivity contribution in [2.45, 2.75) is 37.0 Å². The lowest BCUT2D eigenvalue weighted by atomic mass is 9.98. The summed E-state index contributed by atoms with van der Waals surface area (Å²) in [6.45, 7) is 4.01. The maximum Gasteiger partial charge on any atom is 0.187 e. The molecule has 0 bridgehead atoms. The summed E-state index contributed by atoms with van der Waals surface area (Å²) in [5, 5.41) is 20.4. The van der Waals surface area contributed by atoms with E-state index in [0.29, 0.717) is 0 Å². The Morgan fingerprint density at radius 3 is 2.68 bits per heavy atom. The third-order valence-electron chi connectivity index (χ3n) is 3.78. The first-order valence-electron chi connectivity index (χ1n) is 7.27. The molecule has 3 unspecified atom stereocenters. The first kappa shape index (κ1) is 15.6. The van der Waals surface area contributed by atoms with Gasteiger partial charge in [0.15, 0.2) is 12.6 Å². The van der Waals surface area contributed by atoms with Crippen LogP contribution < -0.4 is 0 Å². The summed E-state index contributed by atoms with van der Waals surface area (Å²) >= 11 is 0. The van der Waals surface area contributed by atoms with E-state index in [2.05, 4.69) is 6.58 Å². The molecular formula is C16H20O6. The van der Waals surface area contributed by atoms with Gasteiger partial charge in [0.1, 0.15) is 24.4 Å². The van der Waals surface area contributed by atoms with Gasteiger partial charge in [-0.2, -0.15) is 0 Å². The van der Waals surface area contributed by atoms with Crippen molar-refractivity contribution in [3.63, 3.8) is 0 Å². The topological polar surface area (TPSA) is 77.4 Å². The monoisotopic (exact) mass is 308 g/mol. The standard InChI is InChI=1S/C16H20O6/c1-2-8-19-16-13(18)12(17)14-11(21-16)9-20-15(22-14)10-6-4-3-5-7-10/h2-7,11-18H,1,8-9H2/t11?,12-,13?,14-,15?,16+/m1/s1. The zero-order valence-electron chi connectivity index (χ0n) is 12.1. The predicted molar refractivity (Wildman–Crippen MR) is 76.8 cm³/mol. The number of ether oxygens (including phenoxy) is 4. The van der Waals surface area contributed by atoms with Crippen molar-refractivity contribution in [3.05, 3.63) is 48.6 Å². The Morgan fingerprint density at radius 1 is 1.18 bits per heavy atom. The minimum Gasteiger partial charge on any atom is -0.387 e. The molecule has 2 fully saturated rings. The molecule has 0 saturated carbocycles. The van der Waals surface area contributed by atoms with Crippen LogP contribution in [0.1, 0.15) is 11.9 Å². The number of aliphatic hydroxyl groups excluding tert-OH is 2. The number of aliphatic hydroxyl groups is 2. The third kappa shape index (κ3) is 3.08. The van der Waals surface area contributed by atoms with Crippen molar-refractivity contribution < 1.29 is 29.2 Å². The van der Waals surface area contributed by atoms with Crippen LogP contribution in [0.5, 0.6) is 0 Å². The van der Waals surface area contributed by atoms with Crippen molar-refractivity contribution >= 4 is 0 Å². The molecule has 0 radical (unpaired) electrons. The van der Waals surface area contributed by atoms with Gasteiger partial charge in [0.2, 0.25) is 0 Å². The van der Waals surface area contributed by atoms with E-state index in [1.165, 1.54) is 0 Å². The van der Waals surface area contributed by atoms with Crippen LogP contribution in [0.2, 0.25) is 0 Å². The minimum absolute atomic E-state index is 0.222. The summed E-state index contributed by atoms with van der Waals surface area (Å²) < 4.78 is 22.4. The molecule has 6 nitrogen and oxygen atoms in total. The zero-order valence-corrected chi connectivity index (χ0v) is 12.1. The van der Waals surface area contributed by atoms with Crippen LogP contribution in [0.4, 0.5) is 0 Å². The van der Waals surface area contributed by atoms with Crippen LogP contribution in [0.3, 0.4) is 0 Å². The molecule has 0 aliphatic carbocycles. The first-order valence-corrected chi connectivity index (χ1v) is 7.27. The molecule has 2 aliphatic rings. The molecular weight excluding hydrogens is 288 g/mol. The quantitative estimate of drug-likeness (QED) is 0.799. The fourth-order valence-electron chi connectivity index (χ4n) is 2.66. The van der Waals surface area contributed by atoms with Crippen LogP contribution in [-0.4, -0.2) is 54.1 Å². The van der Waals surface area contributed by atoms with Crippen LogP contribution in [-0.2, 0) is 18.9 Å². The van der Waals surface area contributed by atoms with Crippen molar-refractivity contribution in [2.75, 3.05) is 13.2 Å². The third-order valence-corrected chi connectivity index (χ3v) is 3.78. The second kappa shape index (κ2) is 6.87. The van der Waals surface area contributed by atoms with Crippen LogP contribution >= 0.6 is 0 Å². The summed E-state index contributed by atoms with van der Waals surface area (Å²) in [4.78, 5) is 0. The second-order valence-electron chi connectivity index (χ2n) is 5.32. The van der Waals surface area contributed by atoms with Crippen molar-refractivity contribution in [2.24, 2.45) is 0 Å². The molecule has 6 atom stereocenters. The molecule has 3 rings (SSSR count). The maximum atomic E-state index is 10.3. The van der Waals surface area contributed by atoms with E-state index in [-0.39, 0.29) is 13.2 Å². The largest absolute Gasteiger partial charge is 0.387 e. The molecule has 2 N–H and O–H groups in total. The highest BCUT2D eigenvalue weighted by Crippen LogP contribution is 2.34. The molecule has 6 heteroatoms. The number of benzene rings is 1. The highest BCUT2D eigenvalue weighted by molar-refractivity contribution is 5.16. The fraction of sp³-hybridized carbons (Fsp3) is 0.500. The number of fused-ring (bicyclic) bond motifs is 1. The van der Waals surface area contributed by atoms with E-state index < -0.39 is 37.0 Å². The Hall–Kier alpha value is -1.28.